The lowest BCUT2D eigenvalue weighted by molar-refractivity contribution is -0.0504. The minimum Gasteiger partial charge on any atom is -0.434 e. The fraction of sp³-hybridized carbons (Fsp3) is 0.462. The van der Waals surface area contributed by atoms with Gasteiger partial charge in [0.15, 0.2) is 5.96 Å². The van der Waals surface area contributed by atoms with Gasteiger partial charge in [-0.15, -0.1) is 24.0 Å². The van der Waals surface area contributed by atoms with Crippen molar-refractivity contribution in [3.63, 3.8) is 0 Å². The highest BCUT2D eigenvalue weighted by Crippen LogP contribution is 2.19. The third kappa shape index (κ3) is 8.00. The summed E-state index contributed by atoms with van der Waals surface area (Å²) in [6.07, 6.45) is 0. The van der Waals surface area contributed by atoms with Crippen LogP contribution in [0.1, 0.15) is 5.56 Å². The average molecular weight is 415 g/mol. The number of ether oxygens (including phenoxy) is 2. The first-order valence-electron chi connectivity index (χ1n) is 6.13. The van der Waals surface area contributed by atoms with Crippen LogP contribution < -0.4 is 15.4 Å². The minimum atomic E-state index is -2.84. The molecule has 0 heterocycles. The van der Waals surface area contributed by atoms with E-state index in [0.29, 0.717) is 31.2 Å². The van der Waals surface area contributed by atoms with Gasteiger partial charge in [-0.25, -0.2) is 0 Å². The number of halogens is 3. The molecule has 0 spiro atoms. The fourth-order valence-electron chi connectivity index (χ4n) is 1.53. The summed E-state index contributed by atoms with van der Waals surface area (Å²) in [6.45, 7) is -1.36. The second kappa shape index (κ2) is 11.5. The Morgan fingerprint density at radius 3 is 2.62 bits per heavy atom. The summed E-state index contributed by atoms with van der Waals surface area (Å²) in [6, 6.07) is 6.63. The number of nitrogens with one attached hydrogen (secondary N) is 2. The van der Waals surface area contributed by atoms with Crippen molar-refractivity contribution in [1.29, 1.82) is 0 Å². The molecule has 21 heavy (non-hydrogen) atoms. The van der Waals surface area contributed by atoms with E-state index in [4.69, 9.17) is 4.74 Å². The number of aliphatic imine (C=N–C) groups is 1. The third-order valence-electron chi connectivity index (χ3n) is 2.46. The smallest absolute Gasteiger partial charge is 0.387 e. The third-order valence-corrected chi connectivity index (χ3v) is 2.46. The molecular formula is C13H20F2IN3O2. The molecule has 0 atom stereocenters. The number of benzene rings is 1. The first kappa shape index (κ1) is 19.8. The Labute approximate surface area is 140 Å². The molecule has 0 amide bonds. The number of hydrogen-bond donors (Lipinski definition) is 2. The van der Waals surface area contributed by atoms with Gasteiger partial charge >= 0.3 is 6.61 Å². The molecule has 0 saturated heterocycles. The lowest BCUT2D eigenvalue weighted by Crippen LogP contribution is -2.38. The van der Waals surface area contributed by atoms with Crippen LogP contribution >= 0.6 is 24.0 Å². The van der Waals surface area contributed by atoms with Crippen molar-refractivity contribution in [2.45, 2.75) is 13.2 Å². The lowest BCUT2D eigenvalue weighted by Gasteiger charge is -2.14. The van der Waals surface area contributed by atoms with Gasteiger partial charge in [0.05, 0.1) is 6.61 Å². The van der Waals surface area contributed by atoms with Gasteiger partial charge in [-0.2, -0.15) is 8.78 Å². The van der Waals surface area contributed by atoms with E-state index < -0.39 is 6.61 Å². The van der Waals surface area contributed by atoms with E-state index in [0.717, 1.165) is 0 Å². The van der Waals surface area contributed by atoms with Gasteiger partial charge in [0.1, 0.15) is 5.75 Å². The molecule has 0 bridgehead atoms. The molecule has 0 aliphatic rings. The highest BCUT2D eigenvalue weighted by molar-refractivity contribution is 14.0. The SMILES string of the molecule is CN=C(NCCOC)NCc1ccccc1OC(F)F.I. The van der Waals surface area contributed by atoms with E-state index in [1.165, 1.54) is 6.07 Å². The number of guanidine groups is 1. The van der Waals surface area contributed by atoms with Crippen LogP contribution in [0.15, 0.2) is 29.3 Å². The molecular weight excluding hydrogens is 395 g/mol. The molecule has 0 aliphatic carbocycles. The van der Waals surface area contributed by atoms with Crippen LogP contribution in [0.2, 0.25) is 0 Å². The molecule has 5 nitrogen and oxygen atoms in total. The Kier molecular flexibility index (Phi) is 10.9. The number of rotatable bonds is 7. The first-order valence-corrected chi connectivity index (χ1v) is 6.13. The first-order chi connectivity index (χ1) is 9.67. The van der Waals surface area contributed by atoms with Gasteiger partial charge in [-0.1, -0.05) is 18.2 Å². The van der Waals surface area contributed by atoms with Crippen molar-refractivity contribution in [2.75, 3.05) is 27.3 Å². The number of nitrogens with zero attached hydrogens (tertiary/aromatic N) is 1. The summed E-state index contributed by atoms with van der Waals surface area (Å²) in [4.78, 5) is 4.02. The number of para-hydroxylation sites is 1. The van der Waals surface area contributed by atoms with Crippen molar-refractivity contribution in [3.05, 3.63) is 29.8 Å². The van der Waals surface area contributed by atoms with Gasteiger partial charge in [0.25, 0.3) is 0 Å². The topological polar surface area (TPSA) is 54.9 Å². The monoisotopic (exact) mass is 415 g/mol. The van der Waals surface area contributed by atoms with Crippen molar-refractivity contribution in [3.8, 4) is 5.75 Å². The molecule has 1 aromatic rings. The van der Waals surface area contributed by atoms with Crippen LogP contribution in [-0.4, -0.2) is 39.9 Å². The Morgan fingerprint density at radius 2 is 2.00 bits per heavy atom. The summed E-state index contributed by atoms with van der Waals surface area (Å²) in [5.74, 6) is 0.719. The van der Waals surface area contributed by atoms with Crippen LogP contribution in [0.4, 0.5) is 8.78 Å². The van der Waals surface area contributed by atoms with Gasteiger partial charge in [-0.05, 0) is 6.07 Å². The molecule has 2 N–H and O–H groups in total. The molecule has 0 unspecified atom stereocenters. The largest absolute Gasteiger partial charge is 0.434 e. The Balaban J connectivity index is 0.00000400. The fourth-order valence-corrected chi connectivity index (χ4v) is 1.53. The quantitative estimate of drug-likeness (QED) is 0.311. The van der Waals surface area contributed by atoms with E-state index in [1.54, 1.807) is 32.4 Å². The molecule has 1 aromatic carbocycles. The normalized spacial score (nSPS) is 11.0. The highest BCUT2D eigenvalue weighted by atomic mass is 127. The summed E-state index contributed by atoms with van der Waals surface area (Å²) < 4.78 is 33.9. The molecule has 1 rings (SSSR count). The van der Waals surface area contributed by atoms with E-state index in [1.807, 2.05) is 0 Å². The van der Waals surface area contributed by atoms with Crippen LogP contribution in [0.25, 0.3) is 0 Å². The Hall–Kier alpha value is -1.16. The van der Waals surface area contributed by atoms with Gasteiger partial charge < -0.3 is 20.1 Å². The number of alkyl halides is 2. The maximum absolute atomic E-state index is 12.3. The molecule has 0 aliphatic heterocycles. The van der Waals surface area contributed by atoms with E-state index in [2.05, 4.69) is 20.4 Å². The second-order valence-corrected chi connectivity index (χ2v) is 3.83. The van der Waals surface area contributed by atoms with Crippen LogP contribution in [0.5, 0.6) is 5.75 Å². The Bertz CT molecular complexity index is 434. The van der Waals surface area contributed by atoms with E-state index >= 15 is 0 Å². The molecule has 0 fully saturated rings. The van der Waals surface area contributed by atoms with Crippen LogP contribution in [-0.2, 0) is 11.3 Å². The maximum Gasteiger partial charge on any atom is 0.387 e. The number of hydrogen-bond acceptors (Lipinski definition) is 3. The highest BCUT2D eigenvalue weighted by Gasteiger charge is 2.09. The average Bonchev–Trinajstić information content (AvgIpc) is 2.43. The van der Waals surface area contributed by atoms with Gasteiger partial charge in [-0.3, -0.25) is 4.99 Å². The van der Waals surface area contributed by atoms with E-state index in [-0.39, 0.29) is 29.7 Å². The van der Waals surface area contributed by atoms with Crippen LogP contribution in [0.3, 0.4) is 0 Å². The molecule has 120 valence electrons. The predicted molar refractivity (Wildman–Crippen MR) is 88.6 cm³/mol. The maximum atomic E-state index is 12.3. The second-order valence-electron chi connectivity index (χ2n) is 3.83. The zero-order valence-electron chi connectivity index (χ0n) is 11.9. The van der Waals surface area contributed by atoms with Gasteiger partial charge in [0.2, 0.25) is 0 Å². The number of methoxy groups -OCH3 is 1. The molecule has 0 saturated carbocycles. The van der Waals surface area contributed by atoms with Crippen molar-refractivity contribution in [2.24, 2.45) is 4.99 Å². The minimum absolute atomic E-state index is 0. The standard InChI is InChI=1S/C13H19F2N3O2.HI/c1-16-13(17-7-8-19-2)18-9-10-5-3-4-6-11(10)20-12(14)15;/h3-6,12H,7-9H2,1-2H3,(H2,16,17,18);1H. The zero-order valence-corrected chi connectivity index (χ0v) is 14.3. The summed E-state index contributed by atoms with van der Waals surface area (Å²) in [5.41, 5.74) is 0.627. The summed E-state index contributed by atoms with van der Waals surface area (Å²) >= 11 is 0. The summed E-state index contributed by atoms with van der Waals surface area (Å²) in [7, 11) is 3.24. The van der Waals surface area contributed by atoms with Crippen molar-refractivity contribution in [1.82, 2.24) is 10.6 Å². The van der Waals surface area contributed by atoms with Gasteiger partial charge in [0, 0.05) is 32.8 Å². The lowest BCUT2D eigenvalue weighted by atomic mass is 10.2. The molecule has 0 radical (unpaired) electrons. The zero-order chi connectivity index (χ0) is 14.8. The Morgan fingerprint density at radius 1 is 1.29 bits per heavy atom. The van der Waals surface area contributed by atoms with Crippen LogP contribution in [0, 0.1) is 0 Å². The molecule has 0 aromatic heterocycles. The molecule has 8 heteroatoms. The van der Waals surface area contributed by atoms with E-state index in [9.17, 15) is 8.78 Å². The summed E-state index contributed by atoms with van der Waals surface area (Å²) in [5, 5.41) is 6.04. The predicted octanol–water partition coefficient (Wildman–Crippen LogP) is 2.22. The van der Waals surface area contributed by atoms with Crippen molar-refractivity contribution >= 4 is 29.9 Å². The van der Waals surface area contributed by atoms with Crippen molar-refractivity contribution < 1.29 is 18.3 Å².